The molecule has 0 spiro atoms. The summed E-state index contributed by atoms with van der Waals surface area (Å²) < 4.78 is 11.1. The van der Waals surface area contributed by atoms with Gasteiger partial charge in [0.05, 0.1) is 6.10 Å². The fraction of sp³-hybridized carbons (Fsp3) is 0.818. The second-order valence-electron chi connectivity index (χ2n) is 4.70. The van der Waals surface area contributed by atoms with E-state index in [0.717, 1.165) is 12.8 Å². The molecule has 0 bridgehead atoms. The van der Waals surface area contributed by atoms with Crippen molar-refractivity contribution in [3.63, 3.8) is 0 Å². The first-order valence-corrected chi connectivity index (χ1v) is 5.18. The second kappa shape index (κ2) is 3.33. The highest BCUT2D eigenvalue weighted by molar-refractivity contribution is 4.95. The summed E-state index contributed by atoms with van der Waals surface area (Å²) in [7, 11) is 0. The molecule has 4 unspecified atom stereocenters. The van der Waals surface area contributed by atoms with Gasteiger partial charge in [0.2, 0.25) is 0 Å². The first-order chi connectivity index (χ1) is 6.52. The Morgan fingerprint density at radius 3 is 2.71 bits per heavy atom. The van der Waals surface area contributed by atoms with Crippen LogP contribution in [0, 0.1) is 11.8 Å². The Morgan fingerprint density at radius 1 is 1.36 bits per heavy atom. The number of aliphatic hydroxyl groups is 1. The molecule has 3 nitrogen and oxygen atoms in total. The molecule has 1 heterocycles. The van der Waals surface area contributed by atoms with E-state index in [2.05, 4.69) is 6.58 Å². The van der Waals surface area contributed by atoms with Crippen molar-refractivity contribution in [2.45, 2.75) is 44.9 Å². The van der Waals surface area contributed by atoms with Gasteiger partial charge in [-0.2, -0.15) is 0 Å². The van der Waals surface area contributed by atoms with Crippen molar-refractivity contribution in [3.05, 3.63) is 12.7 Å². The highest BCUT2D eigenvalue weighted by Crippen LogP contribution is 2.42. The Labute approximate surface area is 84.7 Å². The Kier molecular flexibility index (Phi) is 2.41. The van der Waals surface area contributed by atoms with E-state index in [1.807, 2.05) is 19.9 Å². The molecule has 1 saturated carbocycles. The average molecular weight is 198 g/mol. The van der Waals surface area contributed by atoms with Crippen molar-refractivity contribution >= 4 is 0 Å². The van der Waals surface area contributed by atoms with Crippen molar-refractivity contribution in [2.75, 3.05) is 0 Å². The number of fused-ring (bicyclic) bond motifs is 1. The highest BCUT2D eigenvalue weighted by atomic mass is 16.8. The first kappa shape index (κ1) is 10.1. The largest absolute Gasteiger partial charge is 0.367 e. The summed E-state index contributed by atoms with van der Waals surface area (Å²) in [6.45, 7) is 7.47. The number of allylic oxidation sites excluding steroid dienone is 1. The summed E-state index contributed by atoms with van der Waals surface area (Å²) in [6.07, 6.45) is 3.26. The molecule has 1 aliphatic heterocycles. The van der Waals surface area contributed by atoms with E-state index < -0.39 is 12.1 Å². The van der Waals surface area contributed by atoms with Crippen LogP contribution in [0.1, 0.15) is 26.7 Å². The van der Waals surface area contributed by atoms with Gasteiger partial charge in [-0.25, -0.2) is 0 Å². The Bertz CT molecular complexity index is 237. The maximum Gasteiger partial charge on any atom is 0.166 e. The summed E-state index contributed by atoms with van der Waals surface area (Å²) in [5, 5.41) is 9.79. The molecular weight excluding hydrogens is 180 g/mol. The van der Waals surface area contributed by atoms with Gasteiger partial charge in [-0.15, -0.1) is 6.58 Å². The summed E-state index contributed by atoms with van der Waals surface area (Å²) in [6, 6.07) is 0. The van der Waals surface area contributed by atoms with Gasteiger partial charge < -0.3 is 14.6 Å². The van der Waals surface area contributed by atoms with Crippen molar-refractivity contribution < 1.29 is 14.6 Å². The molecule has 0 amide bonds. The van der Waals surface area contributed by atoms with Crippen LogP contribution in [0.4, 0.5) is 0 Å². The minimum atomic E-state index is -0.686. The Balaban J connectivity index is 2.10. The van der Waals surface area contributed by atoms with E-state index in [-0.39, 0.29) is 12.0 Å². The lowest BCUT2D eigenvalue weighted by atomic mass is 10.0. The zero-order valence-electron chi connectivity index (χ0n) is 8.77. The molecule has 3 heteroatoms. The van der Waals surface area contributed by atoms with Crippen LogP contribution in [0.15, 0.2) is 12.7 Å². The fourth-order valence-electron chi connectivity index (χ4n) is 2.47. The van der Waals surface area contributed by atoms with Gasteiger partial charge in [0.1, 0.15) is 0 Å². The number of ether oxygens (including phenoxy) is 2. The molecule has 1 N–H and O–H groups in total. The monoisotopic (exact) mass is 198 g/mol. The van der Waals surface area contributed by atoms with Crippen LogP contribution >= 0.6 is 0 Å². The summed E-state index contributed by atoms with van der Waals surface area (Å²) in [4.78, 5) is 0. The lowest BCUT2D eigenvalue weighted by Gasteiger charge is -2.41. The van der Waals surface area contributed by atoms with E-state index in [1.54, 1.807) is 0 Å². The summed E-state index contributed by atoms with van der Waals surface area (Å²) in [5.41, 5.74) is 0. The van der Waals surface area contributed by atoms with E-state index in [4.69, 9.17) is 9.47 Å². The minimum absolute atomic E-state index is 0.117. The third-order valence-corrected chi connectivity index (χ3v) is 3.13. The molecule has 2 rings (SSSR count). The zero-order valence-corrected chi connectivity index (χ0v) is 8.77. The SMILES string of the molecule is C=CC1CC2OC(C)(C)OC(O)C2C1. The van der Waals surface area contributed by atoms with Crippen LogP contribution in [0.25, 0.3) is 0 Å². The van der Waals surface area contributed by atoms with Gasteiger partial charge in [-0.3, -0.25) is 0 Å². The standard InChI is InChI=1S/C11H18O3/c1-4-7-5-8-9(6-7)13-11(2,3)14-10(8)12/h4,7-10,12H,1,5-6H2,2-3H3. The Hall–Kier alpha value is -0.380. The molecule has 0 aromatic heterocycles. The molecule has 14 heavy (non-hydrogen) atoms. The van der Waals surface area contributed by atoms with Gasteiger partial charge in [0.15, 0.2) is 12.1 Å². The second-order valence-corrected chi connectivity index (χ2v) is 4.70. The summed E-state index contributed by atoms with van der Waals surface area (Å²) in [5.74, 6) is -0.0837. The van der Waals surface area contributed by atoms with Gasteiger partial charge in [-0.05, 0) is 32.6 Å². The normalized spacial score (nSPS) is 45.9. The highest BCUT2D eigenvalue weighted by Gasteiger charge is 2.47. The smallest absolute Gasteiger partial charge is 0.166 e. The number of hydrogen-bond acceptors (Lipinski definition) is 3. The first-order valence-electron chi connectivity index (χ1n) is 5.18. The van der Waals surface area contributed by atoms with Crippen LogP contribution in [-0.4, -0.2) is 23.3 Å². The molecule has 0 aromatic carbocycles. The van der Waals surface area contributed by atoms with Gasteiger partial charge in [0.25, 0.3) is 0 Å². The lowest BCUT2D eigenvalue weighted by molar-refractivity contribution is -0.358. The minimum Gasteiger partial charge on any atom is -0.367 e. The molecule has 2 fully saturated rings. The van der Waals surface area contributed by atoms with Crippen molar-refractivity contribution in [1.29, 1.82) is 0 Å². The third-order valence-electron chi connectivity index (χ3n) is 3.13. The molecule has 1 aliphatic carbocycles. The van der Waals surface area contributed by atoms with Crippen molar-refractivity contribution in [2.24, 2.45) is 11.8 Å². The molecule has 4 atom stereocenters. The zero-order chi connectivity index (χ0) is 10.3. The van der Waals surface area contributed by atoms with Crippen LogP contribution in [0.3, 0.4) is 0 Å². The topological polar surface area (TPSA) is 38.7 Å². The van der Waals surface area contributed by atoms with Crippen LogP contribution < -0.4 is 0 Å². The molecule has 1 saturated heterocycles. The van der Waals surface area contributed by atoms with Crippen LogP contribution in [0.5, 0.6) is 0 Å². The average Bonchev–Trinajstić information content (AvgIpc) is 2.45. The van der Waals surface area contributed by atoms with Gasteiger partial charge >= 0.3 is 0 Å². The number of hydrogen-bond donors (Lipinski definition) is 1. The van der Waals surface area contributed by atoms with E-state index in [9.17, 15) is 5.11 Å². The van der Waals surface area contributed by atoms with Crippen LogP contribution in [-0.2, 0) is 9.47 Å². The maximum atomic E-state index is 9.79. The quantitative estimate of drug-likeness (QED) is 0.651. The van der Waals surface area contributed by atoms with Gasteiger partial charge in [0, 0.05) is 5.92 Å². The van der Waals surface area contributed by atoms with Crippen LogP contribution in [0.2, 0.25) is 0 Å². The molecular formula is C11H18O3. The van der Waals surface area contributed by atoms with Crippen molar-refractivity contribution in [3.8, 4) is 0 Å². The third kappa shape index (κ3) is 1.72. The molecule has 2 aliphatic rings. The van der Waals surface area contributed by atoms with E-state index in [1.165, 1.54) is 0 Å². The fourth-order valence-corrected chi connectivity index (χ4v) is 2.47. The predicted octanol–water partition coefficient (Wildman–Crippen LogP) is 1.67. The van der Waals surface area contributed by atoms with E-state index in [0.29, 0.717) is 5.92 Å². The Morgan fingerprint density at radius 2 is 2.07 bits per heavy atom. The van der Waals surface area contributed by atoms with Crippen molar-refractivity contribution in [1.82, 2.24) is 0 Å². The molecule has 80 valence electrons. The van der Waals surface area contributed by atoms with E-state index >= 15 is 0 Å². The summed E-state index contributed by atoms with van der Waals surface area (Å²) >= 11 is 0. The molecule has 0 radical (unpaired) electrons. The maximum absolute atomic E-state index is 9.79. The molecule has 0 aromatic rings. The lowest BCUT2D eigenvalue weighted by Crippen LogP contribution is -2.48. The predicted molar refractivity (Wildman–Crippen MR) is 52.5 cm³/mol. The van der Waals surface area contributed by atoms with Gasteiger partial charge in [-0.1, -0.05) is 6.08 Å². The number of rotatable bonds is 1. The number of aliphatic hydroxyl groups excluding tert-OH is 1.